The third kappa shape index (κ3) is 1.64. The lowest BCUT2D eigenvalue weighted by Crippen LogP contribution is -1.88. The zero-order valence-corrected chi connectivity index (χ0v) is 4.96. The van der Waals surface area contributed by atoms with Crippen LogP contribution in [-0.4, -0.2) is 0 Å². The molecule has 1 aliphatic rings. The second-order valence-electron chi connectivity index (χ2n) is 1.60. The molecule has 0 aromatic rings. The van der Waals surface area contributed by atoms with E-state index in [1.54, 1.807) is 12.2 Å². The van der Waals surface area contributed by atoms with Gasteiger partial charge in [0.25, 0.3) is 0 Å². The monoisotopic (exact) mass is 123 g/mol. The van der Waals surface area contributed by atoms with Gasteiger partial charge in [-0.05, 0) is 12.5 Å². The average Bonchev–Trinajstić information content (AvgIpc) is 1.91. The number of hydrogen-bond donors (Lipinski definition) is 0. The molecule has 0 N–H and O–H groups in total. The quantitative estimate of drug-likeness (QED) is 0.411. The van der Waals surface area contributed by atoms with Crippen LogP contribution in [0.5, 0.6) is 0 Å². The Morgan fingerprint density at radius 2 is 2.67 bits per heavy atom. The molecule has 1 radical (unpaired) electrons. The van der Waals surface area contributed by atoms with Gasteiger partial charge in [-0.3, -0.25) is 9.78 Å². The Balaban J connectivity index is 2.47. The lowest BCUT2D eigenvalue weighted by molar-refractivity contribution is -0.210. The highest BCUT2D eigenvalue weighted by Crippen LogP contribution is 2.07. The van der Waals surface area contributed by atoms with E-state index in [0.29, 0.717) is 0 Å². The minimum Gasteiger partial charge on any atom is -0.298 e. The van der Waals surface area contributed by atoms with E-state index in [1.165, 1.54) is 6.26 Å². The standard InChI is InChI=1S/C7H7O2/c1-2-3-7-4-5-8-9-6-7/h2,4-5H,1,3H2. The SMILES string of the molecule is C=CCC1=[C]OOC=C1. The van der Waals surface area contributed by atoms with Crippen LogP contribution in [0.4, 0.5) is 0 Å². The topological polar surface area (TPSA) is 18.5 Å². The average molecular weight is 123 g/mol. The summed E-state index contributed by atoms with van der Waals surface area (Å²) in [6, 6.07) is 0. The molecule has 0 saturated heterocycles. The van der Waals surface area contributed by atoms with E-state index in [1.807, 2.05) is 0 Å². The van der Waals surface area contributed by atoms with Crippen LogP contribution in [0.15, 0.2) is 30.6 Å². The van der Waals surface area contributed by atoms with Gasteiger partial charge in [0.1, 0.15) is 6.26 Å². The molecule has 1 aliphatic heterocycles. The van der Waals surface area contributed by atoms with Crippen LogP contribution in [0.2, 0.25) is 0 Å². The van der Waals surface area contributed by atoms with Crippen LogP contribution in [0.25, 0.3) is 0 Å². The van der Waals surface area contributed by atoms with Gasteiger partial charge in [0.15, 0.2) is 0 Å². The van der Waals surface area contributed by atoms with Crippen LogP contribution in [0, 0.1) is 6.26 Å². The Bertz CT molecular complexity index is 156. The van der Waals surface area contributed by atoms with E-state index in [-0.39, 0.29) is 0 Å². The molecule has 0 aliphatic carbocycles. The van der Waals surface area contributed by atoms with Gasteiger partial charge in [-0.15, -0.1) is 6.58 Å². The molecule has 0 amide bonds. The van der Waals surface area contributed by atoms with Gasteiger partial charge in [0.2, 0.25) is 6.26 Å². The molecule has 0 saturated carbocycles. The third-order valence-electron chi connectivity index (χ3n) is 0.910. The van der Waals surface area contributed by atoms with Crippen molar-refractivity contribution in [3.05, 3.63) is 36.8 Å². The van der Waals surface area contributed by atoms with Crippen LogP contribution < -0.4 is 0 Å². The van der Waals surface area contributed by atoms with Crippen molar-refractivity contribution < 1.29 is 9.78 Å². The molecule has 2 heteroatoms. The molecular formula is C7H7O2. The molecule has 0 unspecified atom stereocenters. The largest absolute Gasteiger partial charge is 0.298 e. The van der Waals surface area contributed by atoms with Gasteiger partial charge < -0.3 is 0 Å². The minimum absolute atomic E-state index is 0.764. The van der Waals surface area contributed by atoms with Crippen molar-refractivity contribution in [2.45, 2.75) is 6.42 Å². The van der Waals surface area contributed by atoms with Crippen molar-refractivity contribution in [1.29, 1.82) is 0 Å². The zero-order chi connectivity index (χ0) is 6.53. The molecule has 0 atom stereocenters. The first-order valence-electron chi connectivity index (χ1n) is 2.65. The summed E-state index contributed by atoms with van der Waals surface area (Å²) < 4.78 is 0. The predicted molar refractivity (Wildman–Crippen MR) is 32.9 cm³/mol. The van der Waals surface area contributed by atoms with Crippen molar-refractivity contribution in [3.8, 4) is 0 Å². The summed E-state index contributed by atoms with van der Waals surface area (Å²) in [4.78, 5) is 8.81. The lowest BCUT2D eigenvalue weighted by Gasteiger charge is -2.01. The molecule has 1 rings (SSSR count). The van der Waals surface area contributed by atoms with Crippen LogP contribution >= 0.6 is 0 Å². The first-order valence-corrected chi connectivity index (χ1v) is 2.65. The molecule has 0 bridgehead atoms. The normalized spacial score (nSPS) is 15.3. The Kier molecular flexibility index (Phi) is 1.96. The predicted octanol–water partition coefficient (Wildman–Crippen LogP) is 1.73. The van der Waals surface area contributed by atoms with Gasteiger partial charge in [-0.1, -0.05) is 6.08 Å². The summed E-state index contributed by atoms with van der Waals surface area (Å²) in [5.74, 6) is 0. The fourth-order valence-electron chi connectivity index (χ4n) is 0.514. The van der Waals surface area contributed by atoms with E-state index < -0.39 is 0 Å². The molecule has 2 nitrogen and oxygen atoms in total. The van der Waals surface area contributed by atoms with Gasteiger partial charge in [-0.25, -0.2) is 0 Å². The Hall–Kier alpha value is -1.18. The van der Waals surface area contributed by atoms with Crippen LogP contribution in [0.1, 0.15) is 6.42 Å². The van der Waals surface area contributed by atoms with Crippen molar-refractivity contribution in [2.75, 3.05) is 0 Å². The second-order valence-corrected chi connectivity index (χ2v) is 1.60. The number of hydrogen-bond acceptors (Lipinski definition) is 2. The maximum Gasteiger partial charge on any atom is 0.229 e. The molecular weight excluding hydrogens is 116 g/mol. The van der Waals surface area contributed by atoms with Crippen molar-refractivity contribution in [1.82, 2.24) is 0 Å². The molecule has 1 heterocycles. The maximum atomic E-state index is 4.41. The van der Waals surface area contributed by atoms with E-state index >= 15 is 0 Å². The van der Waals surface area contributed by atoms with E-state index in [4.69, 9.17) is 0 Å². The fraction of sp³-hybridized carbons (Fsp3) is 0.143. The first kappa shape index (κ1) is 5.95. The van der Waals surface area contributed by atoms with Gasteiger partial charge in [-0.2, -0.15) is 0 Å². The molecule has 0 spiro atoms. The minimum atomic E-state index is 0.764. The first-order chi connectivity index (χ1) is 4.43. The summed E-state index contributed by atoms with van der Waals surface area (Å²) in [5, 5.41) is 0. The Morgan fingerprint density at radius 3 is 3.22 bits per heavy atom. The molecule has 47 valence electrons. The van der Waals surface area contributed by atoms with Crippen molar-refractivity contribution >= 4 is 0 Å². The molecule has 0 aromatic carbocycles. The van der Waals surface area contributed by atoms with Gasteiger partial charge in [0, 0.05) is 5.57 Å². The fourth-order valence-corrected chi connectivity index (χ4v) is 0.514. The molecule has 0 aromatic heterocycles. The van der Waals surface area contributed by atoms with E-state index in [0.717, 1.165) is 12.0 Å². The molecule has 0 fully saturated rings. The van der Waals surface area contributed by atoms with Crippen molar-refractivity contribution in [3.63, 3.8) is 0 Å². The number of rotatable bonds is 2. The second kappa shape index (κ2) is 2.97. The van der Waals surface area contributed by atoms with Crippen LogP contribution in [0.3, 0.4) is 0 Å². The van der Waals surface area contributed by atoms with Gasteiger partial charge >= 0.3 is 0 Å². The zero-order valence-electron chi connectivity index (χ0n) is 4.96. The Morgan fingerprint density at radius 1 is 1.78 bits per heavy atom. The summed E-state index contributed by atoms with van der Waals surface area (Å²) >= 11 is 0. The Labute approximate surface area is 54.0 Å². The van der Waals surface area contributed by atoms with E-state index in [9.17, 15) is 0 Å². The van der Waals surface area contributed by atoms with Crippen LogP contribution in [-0.2, 0) is 9.78 Å². The highest BCUT2D eigenvalue weighted by Gasteiger charge is 1.95. The third-order valence-corrected chi connectivity index (χ3v) is 0.910. The summed E-state index contributed by atoms with van der Waals surface area (Å²) in [5.41, 5.74) is 0.941. The summed E-state index contributed by atoms with van der Waals surface area (Å²) in [6.45, 7) is 3.56. The maximum absolute atomic E-state index is 4.41. The van der Waals surface area contributed by atoms with Crippen molar-refractivity contribution in [2.24, 2.45) is 0 Å². The number of allylic oxidation sites excluding steroid dienone is 3. The molecule has 9 heavy (non-hydrogen) atoms. The summed E-state index contributed by atoms with van der Waals surface area (Å²) in [7, 11) is 0. The highest BCUT2D eigenvalue weighted by molar-refractivity contribution is 5.15. The van der Waals surface area contributed by atoms with Gasteiger partial charge in [0.05, 0.1) is 0 Å². The summed E-state index contributed by atoms with van der Waals surface area (Å²) in [6.07, 6.45) is 8.35. The lowest BCUT2D eigenvalue weighted by atomic mass is 10.2. The smallest absolute Gasteiger partial charge is 0.229 e. The highest BCUT2D eigenvalue weighted by atomic mass is 17.2. The van der Waals surface area contributed by atoms with E-state index in [2.05, 4.69) is 22.6 Å².